The normalized spacial score (nSPS) is 8.93. The minimum Gasteiger partial charge on any atom is -0.184 e. The number of hydrogen-bond acceptors (Lipinski definition) is 3. The Labute approximate surface area is 297 Å². The summed E-state index contributed by atoms with van der Waals surface area (Å²) in [5.41, 5.74) is 0. The third-order valence-corrected chi connectivity index (χ3v) is 8.84. The van der Waals surface area contributed by atoms with Crippen molar-refractivity contribution in [1.29, 1.82) is 0 Å². The first-order valence-electron chi connectivity index (χ1n) is 16.3. The van der Waals surface area contributed by atoms with E-state index in [9.17, 15) is 9.79 Å². The standard InChI is InChI=1S/2C8H19OP.4C6H5.O.Ti/c2*1-3-5-7-10(9)8-6-4-2;4*1-2-4-6-5-3-1;;/h2*9H,3-8H2,1-2H3;4*1-5H;;/q;;4*-1;;. The summed E-state index contributed by atoms with van der Waals surface area (Å²) < 4.78 is 8.25. The fourth-order valence-corrected chi connectivity index (χ4v) is 6.13. The maximum Gasteiger partial charge on any atom is -0.171 e. The monoisotopic (exact) mass is 696 g/mol. The first-order valence-corrected chi connectivity index (χ1v) is 20.3. The van der Waals surface area contributed by atoms with Gasteiger partial charge in [-0.05, 0) is 50.3 Å². The van der Waals surface area contributed by atoms with Gasteiger partial charge in [-0.25, -0.2) is 0 Å². The van der Waals surface area contributed by atoms with Crippen LogP contribution in [0.1, 0.15) is 79.1 Å². The van der Waals surface area contributed by atoms with Crippen LogP contribution in [0.4, 0.5) is 0 Å². The van der Waals surface area contributed by atoms with Crippen LogP contribution in [0.25, 0.3) is 0 Å². The van der Waals surface area contributed by atoms with E-state index in [-0.39, 0.29) is 0 Å². The van der Waals surface area contributed by atoms with Gasteiger partial charge >= 0.3 is 23.7 Å². The molecule has 0 atom stereocenters. The Morgan fingerprint density at radius 1 is 0.391 bits per heavy atom. The van der Waals surface area contributed by atoms with Crippen LogP contribution in [-0.4, -0.2) is 34.4 Å². The molecule has 0 saturated heterocycles. The molecule has 0 amide bonds. The topological polar surface area (TPSA) is 57.5 Å². The second-order valence-electron chi connectivity index (χ2n) is 9.63. The summed E-state index contributed by atoms with van der Waals surface area (Å²) in [7, 11) is -1.18. The fourth-order valence-electron chi connectivity index (χ4n) is 2.95. The van der Waals surface area contributed by atoms with Crippen molar-refractivity contribution < 1.29 is 33.5 Å². The molecule has 0 heterocycles. The van der Waals surface area contributed by atoms with E-state index in [4.69, 9.17) is 3.32 Å². The van der Waals surface area contributed by atoms with Crippen molar-refractivity contribution in [1.82, 2.24) is 0 Å². The van der Waals surface area contributed by atoms with E-state index in [0.717, 1.165) is 45.1 Å². The molecule has 46 heavy (non-hydrogen) atoms. The maximum absolute atomic E-state index is 9.38. The van der Waals surface area contributed by atoms with Gasteiger partial charge in [-0.2, -0.15) is 146 Å². The van der Waals surface area contributed by atoms with Gasteiger partial charge in [-0.1, -0.05) is 53.4 Å². The molecule has 0 unspecified atom stereocenters. The predicted molar refractivity (Wildman–Crippen MR) is 199 cm³/mol. The first-order chi connectivity index (χ1) is 22.6. The van der Waals surface area contributed by atoms with Crippen LogP contribution in [0.3, 0.4) is 0 Å². The summed E-state index contributed by atoms with van der Waals surface area (Å²) in [5, 5.41) is 0. The zero-order valence-electron chi connectivity index (χ0n) is 28.7. The molecule has 0 saturated carbocycles. The third kappa shape index (κ3) is 49.1. The molecule has 0 aliphatic rings. The van der Waals surface area contributed by atoms with Crippen LogP contribution < -0.4 is 0 Å². The van der Waals surface area contributed by atoms with Crippen molar-refractivity contribution in [3.05, 3.63) is 146 Å². The molecule has 254 valence electrons. The Kier molecular flexibility index (Phi) is 50.2. The van der Waals surface area contributed by atoms with E-state index in [2.05, 4.69) is 52.0 Å². The second kappa shape index (κ2) is 47.6. The maximum atomic E-state index is 9.38. The molecular weight excluding hydrogens is 638 g/mol. The zero-order valence-corrected chi connectivity index (χ0v) is 32.1. The SMILES string of the molecule is CCCCP(O)CCCC.CCCCP(O)CCCC.[O]=[Ti].[c-]1ccccc1.[c-]1ccccc1.[c-]1ccccc1.[c-]1ccccc1. The quantitative estimate of drug-likeness (QED) is 0.0881. The van der Waals surface area contributed by atoms with Gasteiger partial charge in [0.25, 0.3) is 0 Å². The van der Waals surface area contributed by atoms with Gasteiger partial charge in [0.1, 0.15) is 0 Å². The van der Waals surface area contributed by atoms with E-state index in [0.29, 0.717) is 0 Å². The van der Waals surface area contributed by atoms with Gasteiger partial charge in [0.05, 0.1) is 0 Å². The van der Waals surface area contributed by atoms with Gasteiger partial charge in [0.2, 0.25) is 0 Å². The van der Waals surface area contributed by atoms with Gasteiger partial charge in [0, 0.05) is 16.3 Å². The molecule has 0 aliphatic heterocycles. The minimum atomic E-state index is -0.592. The molecule has 0 radical (unpaired) electrons. The number of hydrogen-bond donors (Lipinski definition) is 2. The van der Waals surface area contributed by atoms with Crippen molar-refractivity contribution in [2.24, 2.45) is 0 Å². The molecule has 0 aliphatic carbocycles. The molecule has 0 bridgehead atoms. The Hall–Kier alpha value is -1.83. The minimum absolute atomic E-state index is 0.592. The van der Waals surface area contributed by atoms with Crippen molar-refractivity contribution in [3.8, 4) is 0 Å². The molecule has 6 heteroatoms. The summed E-state index contributed by atoms with van der Waals surface area (Å²) in [6.07, 6.45) is 13.9. The second-order valence-corrected chi connectivity index (χ2v) is 13.4. The van der Waals surface area contributed by atoms with Crippen LogP contribution in [0, 0.1) is 24.3 Å². The van der Waals surface area contributed by atoms with E-state index >= 15 is 0 Å². The van der Waals surface area contributed by atoms with Gasteiger partial charge in [-0.15, -0.1) is 0 Å². The number of unbranched alkanes of at least 4 members (excludes halogenated alkanes) is 4. The average molecular weight is 697 g/mol. The summed E-state index contributed by atoms with van der Waals surface area (Å²) in [6, 6.07) is 50.0. The van der Waals surface area contributed by atoms with Crippen LogP contribution >= 0.6 is 16.3 Å². The fraction of sp³-hybridized carbons (Fsp3) is 0.400. The smallest absolute Gasteiger partial charge is 0.171 e. The van der Waals surface area contributed by atoms with Gasteiger partial charge in [0.15, 0.2) is 0 Å². The molecule has 0 fully saturated rings. The Morgan fingerprint density at radius 2 is 0.565 bits per heavy atom. The van der Waals surface area contributed by atoms with Crippen LogP contribution in [0.15, 0.2) is 121 Å². The van der Waals surface area contributed by atoms with Crippen molar-refractivity contribution in [2.45, 2.75) is 79.1 Å². The summed E-state index contributed by atoms with van der Waals surface area (Å²) >= 11 is 0.750. The first kappa shape index (κ1) is 48.6. The van der Waals surface area contributed by atoms with Crippen molar-refractivity contribution in [3.63, 3.8) is 0 Å². The Bertz CT molecular complexity index is 704. The van der Waals surface area contributed by atoms with E-state index in [1.165, 1.54) is 51.4 Å². The van der Waals surface area contributed by atoms with E-state index in [1.807, 2.05) is 121 Å². The average Bonchev–Trinajstić information content (AvgIpc) is 3.16. The molecule has 4 aromatic carbocycles. The predicted octanol–water partition coefficient (Wildman–Crippen LogP) is 11.8. The summed E-state index contributed by atoms with van der Waals surface area (Å²) in [4.78, 5) is 18.8. The van der Waals surface area contributed by atoms with Crippen LogP contribution in [-0.2, 0) is 23.7 Å². The van der Waals surface area contributed by atoms with Gasteiger partial charge in [-0.3, -0.25) is 0 Å². The van der Waals surface area contributed by atoms with E-state index < -0.39 is 16.3 Å². The molecular formula is C40H58O3P2Ti-4. The Balaban J connectivity index is -0.000000483. The van der Waals surface area contributed by atoms with Crippen LogP contribution in [0.5, 0.6) is 0 Å². The van der Waals surface area contributed by atoms with E-state index in [1.54, 1.807) is 0 Å². The third-order valence-electron chi connectivity index (χ3n) is 5.51. The van der Waals surface area contributed by atoms with Crippen molar-refractivity contribution in [2.75, 3.05) is 24.6 Å². The summed E-state index contributed by atoms with van der Waals surface area (Å²) in [5.74, 6) is 0. The molecule has 3 nitrogen and oxygen atoms in total. The molecule has 4 aromatic rings. The number of rotatable bonds is 12. The molecule has 4 rings (SSSR count). The Morgan fingerprint density at radius 3 is 0.652 bits per heavy atom. The van der Waals surface area contributed by atoms with Crippen LogP contribution in [0.2, 0.25) is 0 Å². The summed E-state index contributed by atoms with van der Waals surface area (Å²) in [6.45, 7) is 8.68. The molecule has 0 spiro atoms. The van der Waals surface area contributed by atoms with Gasteiger partial charge < -0.3 is 9.79 Å². The molecule has 0 aromatic heterocycles. The zero-order chi connectivity index (χ0) is 34.6. The van der Waals surface area contributed by atoms with Crippen molar-refractivity contribution >= 4 is 16.3 Å². The molecule has 2 N–H and O–H groups in total. The largest absolute Gasteiger partial charge is 0.184 e. The number of benzene rings is 4.